The Kier molecular flexibility index (Phi) is 27.1. The van der Waals surface area contributed by atoms with Crippen LogP contribution in [0.5, 0.6) is 0 Å². The number of aliphatic imine (C=N–C) groups is 1. The first-order chi connectivity index (χ1) is 21.3. The average Bonchev–Trinajstić information content (AvgIpc) is 3.01. The van der Waals surface area contributed by atoms with Gasteiger partial charge >= 0.3 is 35.6 Å². The number of carboxylic acid groups (broad SMARTS) is 1. The van der Waals surface area contributed by atoms with Crippen molar-refractivity contribution in [2.75, 3.05) is 82.5 Å². The molecule has 0 saturated heterocycles. The molecular weight excluding hydrogens is 681 g/mol. The molecule has 1 aliphatic rings. The van der Waals surface area contributed by atoms with Crippen molar-refractivity contribution in [3.8, 4) is 0 Å². The molecule has 0 aromatic heterocycles. The van der Waals surface area contributed by atoms with E-state index in [0.29, 0.717) is 11.4 Å². The predicted octanol–water partition coefficient (Wildman–Crippen LogP) is -2.29. The van der Waals surface area contributed by atoms with Crippen molar-refractivity contribution in [2.45, 2.75) is 14.9 Å². The third-order valence-corrected chi connectivity index (χ3v) is 6.83. The molecule has 14 heteroatoms. The second kappa shape index (κ2) is 25.7. The van der Waals surface area contributed by atoms with Crippen LogP contribution in [0, 0.1) is 0 Å². The number of rotatable bonds is 8. The third kappa shape index (κ3) is 16.6. The number of carbonyl (C=O) groups excluding carboxylic acids is 2. The summed E-state index contributed by atoms with van der Waals surface area (Å²) in [5, 5.41) is 13.0. The van der Waals surface area contributed by atoms with Gasteiger partial charge in [0.25, 0.3) is 0 Å². The van der Waals surface area contributed by atoms with E-state index in [-0.39, 0.29) is 67.8 Å². The molecule has 5 N–H and O–H groups in total. The van der Waals surface area contributed by atoms with Gasteiger partial charge in [0.1, 0.15) is 14.1 Å². The van der Waals surface area contributed by atoms with Gasteiger partial charge in [0, 0.05) is 71.5 Å². The number of carboxylic acids is 1. The fraction of sp³-hybridized carbons (Fsp3) is 0.297. The van der Waals surface area contributed by atoms with Crippen LogP contribution in [-0.2, 0) is 4.79 Å². The number of amides is 2. The van der Waals surface area contributed by atoms with Crippen molar-refractivity contribution in [1.29, 1.82) is 0 Å². The first-order valence-corrected chi connectivity index (χ1v) is 14.4. The SMILES string of the molecule is C.C.CN(C)c1ccc(N(C(=O)NCC(=O)[O-])c2ccc(N(C)C)cc2)cc1.CN(C)c1ccc(N=C2C=CC(=[N+](C)C)C=C2)cc1.O.O.[Cl-].[Na+]. The Morgan fingerprint density at radius 1 is 0.647 bits per heavy atom. The number of benzene rings is 3. The summed E-state index contributed by atoms with van der Waals surface area (Å²) in [6.45, 7) is -0.555. The Morgan fingerprint density at radius 2 is 0.980 bits per heavy atom. The van der Waals surface area contributed by atoms with E-state index in [2.05, 4.69) is 44.1 Å². The molecule has 276 valence electrons. The Labute approximate surface area is 332 Å². The van der Waals surface area contributed by atoms with Crippen LogP contribution in [0.4, 0.5) is 38.9 Å². The van der Waals surface area contributed by atoms with E-state index in [1.807, 2.05) is 139 Å². The number of urea groups is 1. The Bertz CT molecular complexity index is 1520. The van der Waals surface area contributed by atoms with E-state index < -0.39 is 18.5 Å². The second-order valence-corrected chi connectivity index (χ2v) is 11.1. The van der Waals surface area contributed by atoms with Gasteiger partial charge in [0.15, 0.2) is 5.71 Å². The topological polar surface area (TPSA) is 161 Å². The second-order valence-electron chi connectivity index (χ2n) is 11.1. The van der Waals surface area contributed by atoms with Crippen molar-refractivity contribution < 1.29 is 72.2 Å². The van der Waals surface area contributed by atoms with Crippen molar-refractivity contribution in [3.05, 3.63) is 97.1 Å². The molecule has 12 nitrogen and oxygen atoms in total. The van der Waals surface area contributed by atoms with Gasteiger partial charge in [-0.2, -0.15) is 0 Å². The molecule has 3 aromatic rings. The van der Waals surface area contributed by atoms with Crippen molar-refractivity contribution in [2.24, 2.45) is 4.99 Å². The molecule has 0 atom stereocenters. The summed E-state index contributed by atoms with van der Waals surface area (Å²) in [5.74, 6) is -1.34. The molecule has 0 bridgehead atoms. The number of hydrogen-bond donors (Lipinski definition) is 1. The van der Waals surface area contributed by atoms with Gasteiger partial charge in [-0.1, -0.05) is 14.9 Å². The molecule has 0 fully saturated rings. The van der Waals surface area contributed by atoms with E-state index in [9.17, 15) is 14.7 Å². The minimum atomic E-state index is -1.34. The van der Waals surface area contributed by atoms with Crippen LogP contribution in [0.1, 0.15) is 14.9 Å². The van der Waals surface area contributed by atoms with Gasteiger partial charge in [0.2, 0.25) is 0 Å². The van der Waals surface area contributed by atoms with E-state index in [0.717, 1.165) is 22.8 Å². The molecule has 0 unspecified atom stereocenters. The summed E-state index contributed by atoms with van der Waals surface area (Å²) in [7, 11) is 15.9. The quantitative estimate of drug-likeness (QED) is 0.156. The third-order valence-electron chi connectivity index (χ3n) is 6.83. The summed E-state index contributed by atoms with van der Waals surface area (Å²) in [6.07, 6.45) is 8.23. The van der Waals surface area contributed by atoms with Crippen LogP contribution in [0.2, 0.25) is 0 Å². The molecule has 0 spiro atoms. The number of carbonyl (C=O) groups is 2. The largest absolute Gasteiger partial charge is 1.00 e. The summed E-state index contributed by atoms with van der Waals surface area (Å²) >= 11 is 0. The van der Waals surface area contributed by atoms with Crippen LogP contribution >= 0.6 is 0 Å². The zero-order valence-corrected chi connectivity index (χ0v) is 32.5. The fourth-order valence-electron chi connectivity index (χ4n) is 4.21. The number of anilines is 5. The standard InChI is InChI=1S/C19H24N4O3.C16H20N3.2CH4.ClH.Na.2H2O/c1-21(2)14-5-9-16(10-6-14)23(19(26)20-13-18(24)25)17-11-7-15(8-12-17)22(3)4;1-18(2)15-9-5-13(6-10-15)17-14-7-11-16(12-8-14)19(3)4;;;;;;/h5-12H,13H2,1-4H3,(H,20,26)(H,24,25);5-12H,1-4H3;2*1H4;1H;;2*1H2/q;+1;;;;+1;;/p-2. The van der Waals surface area contributed by atoms with Crippen LogP contribution in [0.15, 0.2) is 102 Å². The van der Waals surface area contributed by atoms with Crippen LogP contribution < -0.4 is 72.0 Å². The van der Waals surface area contributed by atoms with E-state index in [1.165, 1.54) is 16.3 Å². The number of aliphatic carboxylic acids is 1. The van der Waals surface area contributed by atoms with Crippen molar-refractivity contribution in [3.63, 3.8) is 0 Å². The maximum Gasteiger partial charge on any atom is 1.00 e. The number of nitrogens with zero attached hydrogens (tertiary/aromatic N) is 6. The summed E-state index contributed by atoms with van der Waals surface area (Å²) in [6, 6.07) is 22.5. The first-order valence-electron chi connectivity index (χ1n) is 14.4. The monoisotopic (exact) mass is 735 g/mol. The molecule has 1 aliphatic carbocycles. The minimum absolute atomic E-state index is 0. The molecule has 0 saturated carbocycles. The van der Waals surface area contributed by atoms with Gasteiger partial charge in [-0.3, -0.25) is 4.90 Å². The molecule has 4 rings (SSSR count). The Hall–Kier alpha value is -4.17. The van der Waals surface area contributed by atoms with Gasteiger partial charge in [-0.05, 0) is 84.9 Å². The summed E-state index contributed by atoms with van der Waals surface area (Å²) < 4.78 is 2.08. The maximum atomic E-state index is 12.6. The number of nitrogens with one attached hydrogen (secondary N) is 1. The number of allylic oxidation sites excluding steroid dienone is 4. The Balaban J connectivity index is -0.000000401. The normalized spacial score (nSPS) is 10.3. The first kappa shape index (κ1) is 53.6. The molecule has 0 aliphatic heterocycles. The smallest absolute Gasteiger partial charge is 1.00 e. The molecular formula is C37H55ClN7NaO5. The number of halogens is 1. The Morgan fingerprint density at radius 3 is 1.29 bits per heavy atom. The van der Waals surface area contributed by atoms with Crippen LogP contribution in [0.3, 0.4) is 0 Å². The van der Waals surface area contributed by atoms with E-state index in [1.54, 1.807) is 0 Å². The maximum absolute atomic E-state index is 12.6. The van der Waals surface area contributed by atoms with Gasteiger partial charge < -0.3 is 53.3 Å². The molecule has 0 heterocycles. The van der Waals surface area contributed by atoms with Crippen LogP contribution in [0.25, 0.3) is 0 Å². The van der Waals surface area contributed by atoms with E-state index in [4.69, 9.17) is 0 Å². The number of hydrogen-bond acceptors (Lipinski definition) is 7. The van der Waals surface area contributed by atoms with Crippen molar-refractivity contribution >= 4 is 57.5 Å². The van der Waals surface area contributed by atoms with Crippen molar-refractivity contribution in [1.82, 2.24) is 5.32 Å². The zero-order chi connectivity index (χ0) is 33.1. The molecule has 51 heavy (non-hydrogen) atoms. The van der Waals surface area contributed by atoms with Gasteiger partial charge in [0.05, 0.1) is 35.3 Å². The average molecular weight is 736 g/mol. The summed E-state index contributed by atoms with van der Waals surface area (Å²) in [5.41, 5.74) is 7.56. The van der Waals surface area contributed by atoms with Crippen LogP contribution in [-0.4, -0.2) is 102 Å². The summed E-state index contributed by atoms with van der Waals surface area (Å²) in [4.78, 5) is 35.3. The zero-order valence-electron chi connectivity index (χ0n) is 29.7. The predicted molar refractivity (Wildman–Crippen MR) is 206 cm³/mol. The molecule has 3 aromatic carbocycles. The minimum Gasteiger partial charge on any atom is -1.00 e. The molecule has 0 radical (unpaired) electrons. The fourth-order valence-corrected chi connectivity index (χ4v) is 4.21. The molecule has 2 amide bonds. The van der Waals surface area contributed by atoms with Gasteiger partial charge in [-0.25, -0.2) is 14.4 Å². The van der Waals surface area contributed by atoms with Gasteiger partial charge in [-0.15, -0.1) is 0 Å². The van der Waals surface area contributed by atoms with E-state index >= 15 is 0 Å².